The molecule has 1 aromatic carbocycles. The van der Waals surface area contributed by atoms with Crippen LogP contribution in [0, 0.1) is 6.92 Å². The minimum atomic E-state index is 0.0417. The summed E-state index contributed by atoms with van der Waals surface area (Å²) in [5.41, 5.74) is 1.25. The lowest BCUT2D eigenvalue weighted by molar-refractivity contribution is 0.117. The standard InChI is InChI=1S/C13H19O.2BrH.Mg/c1-2-3-4-8-11-14-12-13-9-6-5-7-10-13;;;/h5-7,9-10H,1-4,8,11-12H2;2*1H;/q;;;+2/p-2. The quantitative estimate of drug-likeness (QED) is 0.486. The summed E-state index contributed by atoms with van der Waals surface area (Å²) in [6, 6.07) is 10.3. The fourth-order valence-corrected chi connectivity index (χ4v) is 1.32. The van der Waals surface area contributed by atoms with Gasteiger partial charge in [-0.25, -0.2) is 0 Å². The Morgan fingerprint density at radius 2 is 1.71 bits per heavy atom. The molecule has 0 fully saturated rings. The van der Waals surface area contributed by atoms with Gasteiger partial charge in [0.05, 0.1) is 6.61 Å². The zero-order valence-electron chi connectivity index (χ0n) is 10.2. The summed E-state index contributed by atoms with van der Waals surface area (Å²) < 4.78 is 5.55. The van der Waals surface area contributed by atoms with E-state index < -0.39 is 0 Å². The molecule has 17 heavy (non-hydrogen) atoms. The van der Waals surface area contributed by atoms with E-state index in [0.717, 1.165) is 26.1 Å². The van der Waals surface area contributed by atoms with E-state index in [-0.39, 0.29) is 16.0 Å². The van der Waals surface area contributed by atoms with Crippen molar-refractivity contribution in [3.05, 3.63) is 42.8 Å². The molecule has 0 aromatic heterocycles. The molecule has 0 N–H and O–H groups in total. The topological polar surface area (TPSA) is 9.23 Å². The molecule has 4 heteroatoms. The predicted octanol–water partition coefficient (Wildman–Crippen LogP) is 4.91. The van der Waals surface area contributed by atoms with Crippen molar-refractivity contribution in [2.45, 2.75) is 32.3 Å². The van der Waals surface area contributed by atoms with Crippen molar-refractivity contribution in [2.75, 3.05) is 6.61 Å². The number of hydrogen-bond donors (Lipinski definition) is 0. The maximum absolute atomic E-state index is 5.55. The Labute approximate surface area is 127 Å². The average molecular weight is 375 g/mol. The Hall–Kier alpha value is 0.906. The van der Waals surface area contributed by atoms with Crippen molar-refractivity contribution in [1.82, 2.24) is 0 Å². The molecule has 1 radical (unpaired) electrons. The molecule has 0 amide bonds. The molecule has 0 aliphatic carbocycles. The van der Waals surface area contributed by atoms with Gasteiger partial charge in [-0.15, -0.1) is 0 Å². The minimum Gasteiger partial charge on any atom is -0.377 e. The number of unbranched alkanes of at least 4 members (excludes halogenated alkanes) is 3. The van der Waals surface area contributed by atoms with Gasteiger partial charge in [0.1, 0.15) is 0 Å². The molecule has 1 rings (SSSR count). The van der Waals surface area contributed by atoms with E-state index >= 15 is 0 Å². The fraction of sp³-hybridized carbons (Fsp3) is 0.462. The van der Waals surface area contributed by atoms with Gasteiger partial charge in [0.25, 0.3) is 0 Å². The average Bonchev–Trinajstić information content (AvgIpc) is 2.36. The van der Waals surface area contributed by atoms with Crippen molar-refractivity contribution < 1.29 is 4.74 Å². The minimum absolute atomic E-state index is 0.0417. The van der Waals surface area contributed by atoms with Crippen molar-refractivity contribution in [3.63, 3.8) is 0 Å². The van der Waals surface area contributed by atoms with E-state index in [1.807, 2.05) is 18.2 Å². The SMILES string of the molecule is [Br][Mg][Br].[CH2]CCCCCOCc1ccccc1. The van der Waals surface area contributed by atoms with Crippen LogP contribution in [-0.2, 0) is 11.3 Å². The summed E-state index contributed by atoms with van der Waals surface area (Å²) in [6.07, 6.45) is 4.65. The van der Waals surface area contributed by atoms with Crippen LogP contribution in [0.3, 0.4) is 0 Å². The second-order valence-corrected chi connectivity index (χ2v) is 11.6. The van der Waals surface area contributed by atoms with E-state index in [2.05, 4.69) is 44.8 Å². The van der Waals surface area contributed by atoms with Gasteiger partial charge in [0.2, 0.25) is 0 Å². The maximum Gasteiger partial charge on any atom is 0.560 e. The van der Waals surface area contributed by atoms with Crippen molar-refractivity contribution >= 4 is 41.8 Å². The third-order valence-corrected chi connectivity index (χ3v) is 2.15. The van der Waals surface area contributed by atoms with Crippen LogP contribution in [0.4, 0.5) is 0 Å². The first-order valence-corrected chi connectivity index (χ1v) is 13.7. The zero-order chi connectivity index (χ0) is 12.8. The smallest absolute Gasteiger partial charge is 0.377 e. The Morgan fingerprint density at radius 3 is 2.29 bits per heavy atom. The molecular formula is C13H19Br2MgO. The van der Waals surface area contributed by atoms with Gasteiger partial charge in [0.15, 0.2) is 0 Å². The molecule has 1 nitrogen and oxygen atoms in total. The van der Waals surface area contributed by atoms with E-state index in [9.17, 15) is 0 Å². The second-order valence-electron chi connectivity index (χ2n) is 3.55. The molecule has 0 spiro atoms. The van der Waals surface area contributed by atoms with Crippen LogP contribution in [0.15, 0.2) is 30.3 Å². The lowest BCUT2D eigenvalue weighted by atomic mass is 10.2. The highest BCUT2D eigenvalue weighted by Gasteiger charge is 1.91. The van der Waals surface area contributed by atoms with Gasteiger partial charge >= 0.3 is 16.0 Å². The highest BCUT2D eigenvalue weighted by Crippen LogP contribution is 2.03. The van der Waals surface area contributed by atoms with E-state index in [1.54, 1.807) is 0 Å². The Balaban J connectivity index is 0.000000770. The van der Waals surface area contributed by atoms with Crippen molar-refractivity contribution in [3.8, 4) is 0 Å². The van der Waals surface area contributed by atoms with Crippen LogP contribution >= 0.6 is 25.8 Å². The van der Waals surface area contributed by atoms with Crippen LogP contribution in [0.1, 0.15) is 31.2 Å². The van der Waals surface area contributed by atoms with E-state index in [0.29, 0.717) is 0 Å². The van der Waals surface area contributed by atoms with Gasteiger partial charge in [-0.3, -0.25) is 25.8 Å². The molecular weight excluding hydrogens is 356 g/mol. The first-order chi connectivity index (χ1) is 8.35. The van der Waals surface area contributed by atoms with Crippen LogP contribution < -0.4 is 0 Å². The number of ether oxygens (including phenoxy) is 1. The molecule has 0 atom stereocenters. The van der Waals surface area contributed by atoms with Crippen LogP contribution in [-0.4, -0.2) is 22.6 Å². The third kappa shape index (κ3) is 13.1. The Kier molecular flexibility index (Phi) is 15.8. The summed E-state index contributed by atoms with van der Waals surface area (Å²) in [5, 5.41) is 0. The lowest BCUT2D eigenvalue weighted by Crippen LogP contribution is -1.95. The fourth-order valence-electron chi connectivity index (χ4n) is 1.32. The first-order valence-electron chi connectivity index (χ1n) is 5.88. The van der Waals surface area contributed by atoms with Gasteiger partial charge in [-0.2, -0.15) is 0 Å². The van der Waals surface area contributed by atoms with Crippen molar-refractivity contribution in [2.24, 2.45) is 0 Å². The second kappa shape index (κ2) is 15.0. The van der Waals surface area contributed by atoms with Gasteiger partial charge < -0.3 is 4.74 Å². The number of rotatable bonds is 7. The molecule has 0 heterocycles. The summed E-state index contributed by atoms with van der Waals surface area (Å²) in [7, 11) is 0. The van der Waals surface area contributed by atoms with Gasteiger partial charge in [-0.1, -0.05) is 56.5 Å². The van der Waals surface area contributed by atoms with Crippen LogP contribution in [0.25, 0.3) is 0 Å². The normalized spacial score (nSPS) is 9.12. The summed E-state index contributed by atoms with van der Waals surface area (Å²) in [4.78, 5) is 0. The lowest BCUT2D eigenvalue weighted by Gasteiger charge is -2.03. The van der Waals surface area contributed by atoms with Crippen LogP contribution in [0.5, 0.6) is 0 Å². The largest absolute Gasteiger partial charge is 0.560 e. The van der Waals surface area contributed by atoms with Crippen LogP contribution in [0.2, 0.25) is 0 Å². The summed E-state index contributed by atoms with van der Waals surface area (Å²) in [6.45, 7) is 5.42. The highest BCUT2D eigenvalue weighted by molar-refractivity contribution is 9.47. The maximum atomic E-state index is 5.55. The van der Waals surface area contributed by atoms with E-state index in [4.69, 9.17) is 4.74 Å². The number of benzene rings is 1. The summed E-state index contributed by atoms with van der Waals surface area (Å²) in [5.74, 6) is 0. The number of halogens is 2. The molecule has 1 aromatic rings. The van der Waals surface area contributed by atoms with Crippen molar-refractivity contribution in [1.29, 1.82) is 0 Å². The van der Waals surface area contributed by atoms with Gasteiger partial charge in [-0.05, 0) is 12.0 Å². The monoisotopic (exact) mass is 373 g/mol. The Morgan fingerprint density at radius 1 is 1.06 bits per heavy atom. The summed E-state index contributed by atoms with van der Waals surface area (Å²) >= 11 is 6.44. The molecule has 0 aliphatic heterocycles. The molecule has 0 unspecified atom stereocenters. The Bertz CT molecular complexity index is 244. The molecule has 0 aliphatic rings. The molecule has 0 saturated carbocycles. The number of hydrogen-bond acceptors (Lipinski definition) is 1. The molecule has 93 valence electrons. The predicted molar refractivity (Wildman–Crippen MR) is 83.5 cm³/mol. The zero-order valence-corrected chi connectivity index (χ0v) is 14.8. The third-order valence-electron chi connectivity index (χ3n) is 2.15. The van der Waals surface area contributed by atoms with Gasteiger partial charge in [0, 0.05) is 6.61 Å². The molecule has 0 bridgehead atoms. The highest BCUT2D eigenvalue weighted by atomic mass is 79.9. The van der Waals surface area contributed by atoms with E-state index in [1.165, 1.54) is 18.4 Å². The molecule has 0 saturated heterocycles. The first kappa shape index (κ1) is 17.9.